The van der Waals surface area contributed by atoms with E-state index < -0.39 is 27.0 Å². The Bertz CT molecular complexity index is 494. The number of likely N-dealkylation sites (tertiary alicyclic amines) is 1. The Balaban J connectivity index is 1.89. The number of rotatable bonds is 3. The lowest BCUT2D eigenvalue weighted by atomic mass is 10.1. The highest BCUT2D eigenvalue weighted by atomic mass is 32.2. The van der Waals surface area contributed by atoms with Gasteiger partial charge in [0.25, 0.3) is 0 Å². The van der Waals surface area contributed by atoms with Crippen LogP contribution in [0.4, 0.5) is 4.79 Å². The zero-order chi connectivity index (χ0) is 16.4. The number of hydrogen-bond donors (Lipinski definition) is 1. The number of carbonyl (C=O) groups is 1. The molecule has 2 fully saturated rings. The smallest absolute Gasteiger partial charge is 0.410 e. The van der Waals surface area contributed by atoms with Crippen molar-refractivity contribution in [2.45, 2.75) is 56.9 Å². The molecule has 0 aromatic carbocycles. The highest BCUT2D eigenvalue weighted by Crippen LogP contribution is 2.20. The molecule has 0 unspecified atom stereocenters. The van der Waals surface area contributed by atoms with E-state index in [-0.39, 0.29) is 12.6 Å². The Kier molecular flexibility index (Phi) is 5.34. The average Bonchev–Trinajstić information content (AvgIpc) is 2.87. The van der Waals surface area contributed by atoms with Crippen LogP contribution >= 0.6 is 0 Å². The van der Waals surface area contributed by atoms with E-state index in [2.05, 4.69) is 4.72 Å². The summed E-state index contributed by atoms with van der Waals surface area (Å²) < 4.78 is 38.1. The number of nitrogens with zero attached hydrogens (tertiary/aromatic N) is 1. The lowest BCUT2D eigenvalue weighted by Crippen LogP contribution is -2.45. The van der Waals surface area contributed by atoms with E-state index in [1.807, 2.05) is 0 Å². The Morgan fingerprint density at radius 1 is 1.23 bits per heavy atom. The van der Waals surface area contributed by atoms with Crippen LogP contribution in [0.15, 0.2) is 0 Å². The van der Waals surface area contributed by atoms with Gasteiger partial charge in [-0.05, 0) is 40.0 Å². The minimum absolute atomic E-state index is 0.0608. The normalized spacial score (nSPS) is 24.5. The molecular formula is C14H26N2O5S. The second-order valence-corrected chi connectivity index (χ2v) is 8.88. The van der Waals surface area contributed by atoms with Crippen LogP contribution in [0.2, 0.25) is 0 Å². The van der Waals surface area contributed by atoms with Gasteiger partial charge in [-0.3, -0.25) is 0 Å². The van der Waals surface area contributed by atoms with E-state index in [9.17, 15) is 13.2 Å². The summed E-state index contributed by atoms with van der Waals surface area (Å²) in [6, 6.07) is -0.0608. The lowest BCUT2D eigenvalue weighted by Gasteiger charge is -2.26. The quantitative estimate of drug-likeness (QED) is 0.835. The van der Waals surface area contributed by atoms with Gasteiger partial charge in [0.2, 0.25) is 10.0 Å². The molecule has 2 aliphatic rings. The van der Waals surface area contributed by atoms with Gasteiger partial charge in [0.1, 0.15) is 5.60 Å². The third kappa shape index (κ3) is 4.82. The summed E-state index contributed by atoms with van der Waals surface area (Å²) in [6.45, 7) is 7.15. The first-order valence-corrected chi connectivity index (χ1v) is 9.29. The monoisotopic (exact) mass is 334 g/mol. The van der Waals surface area contributed by atoms with Gasteiger partial charge in [0.15, 0.2) is 0 Å². The Hall–Kier alpha value is -0.860. The first kappa shape index (κ1) is 17.5. The van der Waals surface area contributed by atoms with Crippen molar-refractivity contribution in [3.05, 3.63) is 0 Å². The van der Waals surface area contributed by atoms with Gasteiger partial charge in [0.05, 0.1) is 5.25 Å². The molecule has 0 saturated carbocycles. The largest absolute Gasteiger partial charge is 0.444 e. The van der Waals surface area contributed by atoms with Crippen molar-refractivity contribution in [3.8, 4) is 0 Å². The van der Waals surface area contributed by atoms with Crippen molar-refractivity contribution in [2.75, 3.05) is 26.3 Å². The molecule has 8 heteroatoms. The molecule has 0 radical (unpaired) electrons. The lowest BCUT2D eigenvalue weighted by molar-refractivity contribution is 0.0295. The fourth-order valence-corrected chi connectivity index (χ4v) is 4.30. The molecule has 0 spiro atoms. The maximum Gasteiger partial charge on any atom is 0.410 e. The first-order valence-electron chi connectivity index (χ1n) is 7.74. The third-order valence-electron chi connectivity index (χ3n) is 3.79. The standard InChI is InChI=1S/C14H26N2O5S/c1-14(2,3)21-13(17)16-7-4-12(10-16)22(18,19)15-11-5-8-20-9-6-11/h11-12,15H,4-10H2,1-3H3/t12-/m1/s1. The predicted octanol–water partition coefficient (Wildman–Crippen LogP) is 1.09. The molecule has 2 heterocycles. The second kappa shape index (κ2) is 6.72. The minimum Gasteiger partial charge on any atom is -0.444 e. The summed E-state index contributed by atoms with van der Waals surface area (Å²) in [5.74, 6) is 0. The zero-order valence-electron chi connectivity index (χ0n) is 13.5. The zero-order valence-corrected chi connectivity index (χ0v) is 14.3. The molecule has 7 nitrogen and oxygen atoms in total. The molecular weight excluding hydrogens is 308 g/mol. The van der Waals surface area contributed by atoms with Gasteiger partial charge >= 0.3 is 6.09 Å². The van der Waals surface area contributed by atoms with Gasteiger partial charge in [-0.1, -0.05) is 0 Å². The van der Waals surface area contributed by atoms with Crippen LogP contribution in [0.1, 0.15) is 40.0 Å². The first-order chi connectivity index (χ1) is 10.2. The summed E-state index contributed by atoms with van der Waals surface area (Å²) in [4.78, 5) is 13.5. The van der Waals surface area contributed by atoms with Crippen LogP contribution in [-0.4, -0.2) is 62.6 Å². The predicted molar refractivity (Wildman–Crippen MR) is 82.1 cm³/mol. The third-order valence-corrected chi connectivity index (χ3v) is 5.71. The van der Waals surface area contributed by atoms with E-state index >= 15 is 0 Å². The molecule has 2 saturated heterocycles. The fraction of sp³-hybridized carbons (Fsp3) is 0.929. The number of hydrogen-bond acceptors (Lipinski definition) is 5. The van der Waals surface area contributed by atoms with Gasteiger partial charge in [-0.15, -0.1) is 0 Å². The van der Waals surface area contributed by atoms with E-state index in [1.165, 1.54) is 4.90 Å². The van der Waals surface area contributed by atoms with E-state index in [1.54, 1.807) is 20.8 Å². The summed E-state index contributed by atoms with van der Waals surface area (Å²) in [6.07, 6.45) is 1.39. The maximum atomic E-state index is 12.4. The summed E-state index contributed by atoms with van der Waals surface area (Å²) in [5, 5.41) is -0.567. The van der Waals surface area contributed by atoms with E-state index in [4.69, 9.17) is 9.47 Å². The SMILES string of the molecule is CC(C)(C)OC(=O)N1CC[C@@H](S(=O)(=O)NC2CCOCC2)C1. The number of nitrogens with one attached hydrogen (secondary N) is 1. The number of sulfonamides is 1. The van der Waals surface area contributed by atoms with Crippen LogP contribution in [0.3, 0.4) is 0 Å². The fourth-order valence-electron chi connectivity index (χ4n) is 2.62. The Morgan fingerprint density at radius 3 is 2.45 bits per heavy atom. The molecule has 2 aliphatic heterocycles. The van der Waals surface area contributed by atoms with Crippen LogP contribution < -0.4 is 4.72 Å². The highest BCUT2D eigenvalue weighted by molar-refractivity contribution is 7.90. The molecule has 1 atom stereocenters. The molecule has 0 aromatic rings. The van der Waals surface area contributed by atoms with Crippen molar-refractivity contribution in [3.63, 3.8) is 0 Å². The van der Waals surface area contributed by atoms with Crippen LogP contribution in [0.25, 0.3) is 0 Å². The van der Waals surface area contributed by atoms with Crippen LogP contribution in [0.5, 0.6) is 0 Å². The van der Waals surface area contributed by atoms with Crippen molar-refractivity contribution in [1.29, 1.82) is 0 Å². The second-order valence-electron chi connectivity index (χ2n) is 6.89. The van der Waals surface area contributed by atoms with Crippen molar-refractivity contribution in [1.82, 2.24) is 9.62 Å². The van der Waals surface area contributed by atoms with Crippen molar-refractivity contribution < 1.29 is 22.7 Å². The Labute approximate surface area is 132 Å². The van der Waals surface area contributed by atoms with E-state index in [0.717, 1.165) is 0 Å². The number of carbonyl (C=O) groups excluding carboxylic acids is 1. The number of ether oxygens (including phenoxy) is 2. The van der Waals surface area contributed by atoms with Gasteiger partial charge in [0, 0.05) is 32.3 Å². The number of amides is 1. The van der Waals surface area contributed by atoms with Crippen molar-refractivity contribution in [2.24, 2.45) is 0 Å². The van der Waals surface area contributed by atoms with Gasteiger partial charge in [-0.25, -0.2) is 17.9 Å². The topological polar surface area (TPSA) is 84.9 Å². The summed E-state index contributed by atoms with van der Waals surface area (Å²) in [5.41, 5.74) is -0.575. The maximum absolute atomic E-state index is 12.4. The highest BCUT2D eigenvalue weighted by Gasteiger charge is 2.37. The molecule has 0 aromatic heterocycles. The summed E-state index contributed by atoms with van der Waals surface area (Å²) >= 11 is 0. The van der Waals surface area contributed by atoms with Crippen LogP contribution in [0, 0.1) is 0 Å². The minimum atomic E-state index is -3.42. The molecule has 0 bridgehead atoms. The molecule has 0 aliphatic carbocycles. The molecule has 22 heavy (non-hydrogen) atoms. The summed E-state index contributed by atoms with van der Waals surface area (Å²) in [7, 11) is -3.42. The molecule has 128 valence electrons. The van der Waals surface area contributed by atoms with Gasteiger partial charge < -0.3 is 14.4 Å². The van der Waals surface area contributed by atoms with Gasteiger partial charge in [-0.2, -0.15) is 0 Å². The van der Waals surface area contributed by atoms with Crippen molar-refractivity contribution >= 4 is 16.1 Å². The molecule has 1 N–H and O–H groups in total. The van der Waals surface area contributed by atoms with Crippen LogP contribution in [-0.2, 0) is 19.5 Å². The van der Waals surface area contributed by atoms with E-state index in [0.29, 0.717) is 39.0 Å². The average molecular weight is 334 g/mol. The molecule has 1 amide bonds. The molecule has 2 rings (SSSR count). The Morgan fingerprint density at radius 2 is 1.86 bits per heavy atom.